The Morgan fingerprint density at radius 2 is 1.97 bits per heavy atom. The van der Waals surface area contributed by atoms with Gasteiger partial charge in [-0.25, -0.2) is 22.8 Å². The Labute approximate surface area is 206 Å². The smallest absolute Gasteiger partial charge is 0.232 e. The zero-order valence-electron chi connectivity index (χ0n) is 19.8. The zero-order valence-corrected chi connectivity index (χ0v) is 20.6. The highest BCUT2D eigenvalue weighted by molar-refractivity contribution is 7.92. The van der Waals surface area contributed by atoms with Gasteiger partial charge in [-0.15, -0.1) is 0 Å². The summed E-state index contributed by atoms with van der Waals surface area (Å²) in [4.78, 5) is 24.1. The molecule has 1 aliphatic rings. The number of aryl methyl sites for hydroxylation is 2. The first-order chi connectivity index (χ1) is 17.1. The monoisotopic (exact) mass is 512 g/mol. The third-order valence-electron chi connectivity index (χ3n) is 5.85. The van der Waals surface area contributed by atoms with Crippen molar-refractivity contribution in [3.05, 3.63) is 42.5 Å². The number of pyridine rings is 1. The number of halogens is 1. The van der Waals surface area contributed by atoms with Gasteiger partial charge in [0.25, 0.3) is 0 Å². The fraction of sp³-hybridized carbons (Fsp3) is 0.304. The average molecular weight is 513 g/mol. The van der Waals surface area contributed by atoms with Crippen LogP contribution in [-0.4, -0.2) is 51.0 Å². The van der Waals surface area contributed by atoms with E-state index in [0.717, 1.165) is 11.1 Å². The van der Waals surface area contributed by atoms with Gasteiger partial charge < -0.3 is 15.6 Å². The third kappa shape index (κ3) is 4.87. The highest BCUT2D eigenvalue weighted by Gasteiger charge is 2.43. The number of rotatable bonds is 8. The predicted molar refractivity (Wildman–Crippen MR) is 135 cm³/mol. The molecule has 0 unspecified atom stereocenters. The van der Waals surface area contributed by atoms with Gasteiger partial charge in [0.2, 0.25) is 15.9 Å². The van der Waals surface area contributed by atoms with E-state index in [1.54, 1.807) is 50.0 Å². The predicted octanol–water partition coefficient (Wildman–Crippen LogP) is 3.47. The SMILES string of the molecule is CCS(=O)(=O)Nc1cc(-c2cnn(C)c2)ccc1Nc1cc(NC(=O)[C@H]2C[C@@H]2F)nc2nc(C)[nH]c12. The minimum absolute atomic E-state index is 0.101. The number of anilines is 4. The summed E-state index contributed by atoms with van der Waals surface area (Å²) in [6.07, 6.45) is 2.59. The third-order valence-corrected chi connectivity index (χ3v) is 7.14. The summed E-state index contributed by atoms with van der Waals surface area (Å²) in [5.74, 6) is -0.396. The van der Waals surface area contributed by atoms with Gasteiger partial charge in [0.1, 0.15) is 23.3 Å². The number of fused-ring (bicyclic) bond motifs is 1. The number of carbonyl (C=O) groups is 1. The zero-order chi connectivity index (χ0) is 25.6. The van der Waals surface area contributed by atoms with Crippen molar-refractivity contribution in [2.45, 2.75) is 26.4 Å². The lowest BCUT2D eigenvalue weighted by molar-refractivity contribution is -0.117. The van der Waals surface area contributed by atoms with Crippen LogP contribution in [0.25, 0.3) is 22.3 Å². The molecule has 188 valence electrons. The van der Waals surface area contributed by atoms with E-state index < -0.39 is 28.0 Å². The average Bonchev–Trinajstić information content (AvgIpc) is 3.20. The van der Waals surface area contributed by atoms with Crippen molar-refractivity contribution in [3.8, 4) is 11.1 Å². The summed E-state index contributed by atoms with van der Waals surface area (Å²) >= 11 is 0. The first-order valence-corrected chi connectivity index (χ1v) is 13.0. The normalized spacial score (nSPS) is 17.2. The highest BCUT2D eigenvalue weighted by Crippen LogP contribution is 2.36. The lowest BCUT2D eigenvalue weighted by Crippen LogP contribution is -2.16. The van der Waals surface area contributed by atoms with E-state index in [9.17, 15) is 17.6 Å². The second-order valence-corrected chi connectivity index (χ2v) is 10.7. The minimum Gasteiger partial charge on any atom is -0.352 e. The number of imidazole rings is 1. The quantitative estimate of drug-likeness (QED) is 0.283. The van der Waals surface area contributed by atoms with Crippen molar-refractivity contribution in [3.63, 3.8) is 0 Å². The van der Waals surface area contributed by atoms with E-state index >= 15 is 0 Å². The van der Waals surface area contributed by atoms with Crippen LogP contribution in [0.3, 0.4) is 0 Å². The maximum atomic E-state index is 13.3. The van der Waals surface area contributed by atoms with Crippen LogP contribution in [0.4, 0.5) is 27.3 Å². The summed E-state index contributed by atoms with van der Waals surface area (Å²) < 4.78 is 42.5. The Morgan fingerprint density at radius 3 is 2.64 bits per heavy atom. The van der Waals surface area contributed by atoms with Gasteiger partial charge >= 0.3 is 0 Å². The van der Waals surface area contributed by atoms with E-state index in [2.05, 4.69) is 35.4 Å². The molecule has 3 aromatic heterocycles. The van der Waals surface area contributed by atoms with Crippen molar-refractivity contribution >= 4 is 50.0 Å². The Balaban J connectivity index is 1.54. The van der Waals surface area contributed by atoms with Crippen molar-refractivity contribution in [2.24, 2.45) is 13.0 Å². The maximum absolute atomic E-state index is 13.3. The highest BCUT2D eigenvalue weighted by atomic mass is 32.2. The van der Waals surface area contributed by atoms with Gasteiger partial charge in [-0.1, -0.05) is 6.07 Å². The lowest BCUT2D eigenvalue weighted by atomic mass is 10.1. The van der Waals surface area contributed by atoms with Crippen LogP contribution in [0.1, 0.15) is 19.2 Å². The maximum Gasteiger partial charge on any atom is 0.232 e. The van der Waals surface area contributed by atoms with Gasteiger partial charge in [-0.3, -0.25) is 14.2 Å². The molecule has 0 spiro atoms. The number of nitrogens with zero attached hydrogens (tertiary/aromatic N) is 4. The van der Waals surface area contributed by atoms with Crippen molar-refractivity contribution in [1.29, 1.82) is 0 Å². The molecular formula is C23H25FN8O3S. The molecule has 5 rings (SSSR count). The van der Waals surface area contributed by atoms with Crippen LogP contribution < -0.4 is 15.4 Å². The summed E-state index contributed by atoms with van der Waals surface area (Å²) in [6.45, 7) is 3.32. The Morgan fingerprint density at radius 1 is 1.19 bits per heavy atom. The molecule has 2 atom stereocenters. The number of carbonyl (C=O) groups excluding carboxylic acids is 1. The number of H-pyrrole nitrogens is 1. The van der Waals surface area contributed by atoms with Gasteiger partial charge in [0.15, 0.2) is 5.65 Å². The summed E-state index contributed by atoms with van der Waals surface area (Å²) in [6, 6.07) is 6.92. The van der Waals surface area contributed by atoms with Crippen molar-refractivity contribution < 1.29 is 17.6 Å². The Kier molecular flexibility index (Phi) is 5.86. The molecule has 4 aromatic rings. The fourth-order valence-electron chi connectivity index (χ4n) is 3.79. The van der Waals surface area contributed by atoms with Crippen LogP contribution in [0.15, 0.2) is 36.7 Å². The number of hydrogen-bond donors (Lipinski definition) is 4. The standard InChI is InChI=1S/C23H25FN8O3S/c1-4-36(34,35)31-18-7-13(14-10-25-32(3)11-14)5-6-17(18)28-19-9-20(30-23(33)15-8-16(15)24)29-22-21(19)26-12(2)27-22/h5-7,9-11,15-16,31H,4,8H2,1-3H3,(H3,26,27,28,29,30,33)/t15-,16-/m0/s1. The number of nitrogens with one attached hydrogen (secondary N) is 4. The van der Waals surface area contributed by atoms with E-state index in [0.29, 0.717) is 34.1 Å². The topological polar surface area (TPSA) is 147 Å². The molecule has 0 aliphatic heterocycles. The Bertz CT molecular complexity index is 1580. The molecule has 1 saturated carbocycles. The first-order valence-electron chi connectivity index (χ1n) is 11.3. The molecular weight excluding hydrogens is 487 g/mol. The van der Waals surface area contributed by atoms with E-state index in [1.807, 2.05) is 12.3 Å². The second-order valence-electron chi connectivity index (χ2n) is 8.72. The van der Waals surface area contributed by atoms with Crippen molar-refractivity contribution in [2.75, 3.05) is 21.1 Å². The molecule has 4 N–H and O–H groups in total. The van der Waals surface area contributed by atoms with Gasteiger partial charge in [0, 0.05) is 24.9 Å². The molecule has 11 nitrogen and oxygen atoms in total. The Hall–Kier alpha value is -4.00. The number of alkyl halides is 1. The molecule has 0 radical (unpaired) electrons. The molecule has 0 bridgehead atoms. The van der Waals surface area contributed by atoms with Gasteiger partial charge in [-0.05, 0) is 38.0 Å². The number of aromatic amines is 1. The van der Waals surface area contributed by atoms with Gasteiger partial charge in [-0.2, -0.15) is 5.10 Å². The summed E-state index contributed by atoms with van der Waals surface area (Å²) in [7, 11) is -1.79. The minimum atomic E-state index is -3.59. The van der Waals surface area contributed by atoms with Gasteiger partial charge in [0.05, 0.1) is 34.9 Å². The number of amides is 1. The largest absolute Gasteiger partial charge is 0.352 e. The molecule has 1 aromatic carbocycles. The first kappa shape index (κ1) is 23.7. The number of aromatic nitrogens is 5. The molecule has 1 fully saturated rings. The lowest BCUT2D eigenvalue weighted by Gasteiger charge is -2.16. The number of benzene rings is 1. The van der Waals surface area contributed by atoms with E-state index in [-0.39, 0.29) is 18.0 Å². The van der Waals surface area contributed by atoms with Crippen LogP contribution in [0, 0.1) is 12.8 Å². The van der Waals surface area contributed by atoms with E-state index in [4.69, 9.17) is 0 Å². The number of sulfonamides is 1. The molecule has 36 heavy (non-hydrogen) atoms. The second kappa shape index (κ2) is 8.90. The van der Waals surface area contributed by atoms with E-state index in [1.165, 1.54) is 0 Å². The van der Waals surface area contributed by atoms with Crippen molar-refractivity contribution in [1.82, 2.24) is 24.7 Å². The van der Waals surface area contributed by atoms with Crippen LogP contribution in [0.2, 0.25) is 0 Å². The number of hydrogen-bond acceptors (Lipinski definition) is 7. The molecule has 0 saturated heterocycles. The fourth-order valence-corrected chi connectivity index (χ4v) is 4.44. The van der Waals surface area contributed by atoms with Crippen LogP contribution in [0.5, 0.6) is 0 Å². The molecule has 1 aliphatic carbocycles. The molecule has 13 heteroatoms. The molecule has 1 amide bonds. The van der Waals surface area contributed by atoms with Crippen LogP contribution in [-0.2, 0) is 21.9 Å². The summed E-state index contributed by atoms with van der Waals surface area (Å²) in [5, 5.41) is 10.1. The molecule has 3 heterocycles. The van der Waals surface area contributed by atoms with Crippen LogP contribution >= 0.6 is 0 Å². The summed E-state index contributed by atoms with van der Waals surface area (Å²) in [5.41, 5.74) is 3.84.